The fourth-order valence-electron chi connectivity index (χ4n) is 3.43. The molecule has 5 heteroatoms. The number of hydrogen-bond acceptors (Lipinski definition) is 3. The van der Waals surface area contributed by atoms with Gasteiger partial charge in [0.2, 0.25) is 0 Å². The third kappa shape index (κ3) is 5.08. The minimum absolute atomic E-state index is 0.0904. The number of nitrogens with zero attached hydrogens (tertiary/aromatic N) is 3. The molecule has 0 saturated heterocycles. The molecule has 2 aromatic carbocycles. The monoisotopic (exact) mass is 376 g/mol. The molecule has 1 N–H and O–H groups in total. The van der Waals surface area contributed by atoms with Crippen LogP contribution in [0.2, 0.25) is 0 Å². The Bertz CT molecular complexity index is 857. The zero-order valence-corrected chi connectivity index (χ0v) is 16.6. The molecule has 1 amide bonds. The molecule has 0 fully saturated rings. The Labute approximate surface area is 167 Å². The van der Waals surface area contributed by atoms with Crippen LogP contribution in [0.5, 0.6) is 0 Å². The van der Waals surface area contributed by atoms with E-state index in [-0.39, 0.29) is 11.9 Å². The van der Waals surface area contributed by atoms with Crippen LogP contribution in [-0.4, -0.2) is 40.2 Å². The highest BCUT2D eigenvalue weighted by Gasteiger charge is 2.19. The van der Waals surface area contributed by atoms with Gasteiger partial charge in [0, 0.05) is 12.7 Å². The van der Waals surface area contributed by atoms with Crippen LogP contribution in [0.3, 0.4) is 0 Å². The summed E-state index contributed by atoms with van der Waals surface area (Å²) in [4.78, 5) is 15.0. The molecule has 1 atom stereocenters. The summed E-state index contributed by atoms with van der Waals surface area (Å²) in [7, 11) is 0. The SMILES string of the molecule is CCN(CC)C(CNC(=O)c1cnn(Cc2ccccc2)c1)c1ccccc1. The molecule has 0 saturated carbocycles. The lowest BCUT2D eigenvalue weighted by atomic mass is 10.0. The first kappa shape index (κ1) is 19.8. The number of nitrogens with one attached hydrogen (secondary N) is 1. The number of rotatable bonds is 9. The Morgan fingerprint density at radius 3 is 2.32 bits per heavy atom. The number of carbonyl (C=O) groups excluding carboxylic acids is 1. The summed E-state index contributed by atoms with van der Waals surface area (Å²) in [5.41, 5.74) is 2.96. The fourth-order valence-corrected chi connectivity index (χ4v) is 3.43. The molecule has 1 heterocycles. The lowest BCUT2D eigenvalue weighted by molar-refractivity contribution is 0.0935. The summed E-state index contributed by atoms with van der Waals surface area (Å²) in [5, 5.41) is 7.42. The van der Waals surface area contributed by atoms with Crippen molar-refractivity contribution in [2.45, 2.75) is 26.4 Å². The van der Waals surface area contributed by atoms with Gasteiger partial charge < -0.3 is 5.32 Å². The number of likely N-dealkylation sites (N-methyl/N-ethyl adjacent to an activating group) is 1. The number of benzene rings is 2. The van der Waals surface area contributed by atoms with Crippen molar-refractivity contribution in [3.05, 3.63) is 89.7 Å². The molecule has 0 aliphatic heterocycles. The maximum atomic E-state index is 12.7. The first-order chi connectivity index (χ1) is 13.7. The Hall–Kier alpha value is -2.92. The van der Waals surface area contributed by atoms with Crippen LogP contribution in [0.1, 0.15) is 41.4 Å². The van der Waals surface area contributed by atoms with Gasteiger partial charge in [0.05, 0.1) is 24.3 Å². The van der Waals surface area contributed by atoms with Gasteiger partial charge in [-0.2, -0.15) is 5.10 Å². The highest BCUT2D eigenvalue weighted by Crippen LogP contribution is 2.19. The van der Waals surface area contributed by atoms with E-state index in [1.54, 1.807) is 17.1 Å². The van der Waals surface area contributed by atoms with E-state index in [1.165, 1.54) is 5.56 Å². The molecule has 0 bridgehead atoms. The highest BCUT2D eigenvalue weighted by atomic mass is 16.1. The van der Waals surface area contributed by atoms with E-state index < -0.39 is 0 Å². The maximum Gasteiger partial charge on any atom is 0.254 e. The first-order valence-corrected chi connectivity index (χ1v) is 9.84. The lowest BCUT2D eigenvalue weighted by Crippen LogP contribution is -2.38. The molecule has 28 heavy (non-hydrogen) atoms. The van der Waals surface area contributed by atoms with Gasteiger partial charge in [0.25, 0.3) is 5.91 Å². The minimum atomic E-state index is -0.0904. The maximum absolute atomic E-state index is 12.7. The molecule has 1 unspecified atom stereocenters. The van der Waals surface area contributed by atoms with Crippen molar-refractivity contribution in [2.24, 2.45) is 0 Å². The zero-order valence-electron chi connectivity index (χ0n) is 16.6. The predicted molar refractivity (Wildman–Crippen MR) is 112 cm³/mol. The molecule has 0 aliphatic carbocycles. The molecular weight excluding hydrogens is 348 g/mol. The molecule has 146 valence electrons. The molecule has 0 aliphatic rings. The molecule has 0 spiro atoms. The number of carbonyl (C=O) groups is 1. The van der Waals surface area contributed by atoms with Gasteiger partial charge in [-0.3, -0.25) is 14.4 Å². The summed E-state index contributed by atoms with van der Waals surface area (Å²) in [6.07, 6.45) is 3.43. The summed E-state index contributed by atoms with van der Waals surface area (Å²) < 4.78 is 1.79. The molecule has 1 aromatic heterocycles. The summed E-state index contributed by atoms with van der Waals surface area (Å²) in [5.74, 6) is -0.0904. The van der Waals surface area contributed by atoms with Gasteiger partial charge in [-0.25, -0.2) is 0 Å². The van der Waals surface area contributed by atoms with Gasteiger partial charge in [0.15, 0.2) is 0 Å². The van der Waals surface area contributed by atoms with Crippen molar-refractivity contribution in [2.75, 3.05) is 19.6 Å². The average Bonchev–Trinajstić information content (AvgIpc) is 3.21. The van der Waals surface area contributed by atoms with Gasteiger partial charge in [-0.05, 0) is 24.2 Å². The molecule has 5 nitrogen and oxygen atoms in total. The van der Waals surface area contributed by atoms with Crippen LogP contribution in [0, 0.1) is 0 Å². The summed E-state index contributed by atoms with van der Waals surface area (Å²) in [6, 6.07) is 20.6. The van der Waals surface area contributed by atoms with E-state index in [4.69, 9.17) is 0 Å². The third-order valence-electron chi connectivity index (χ3n) is 4.98. The first-order valence-electron chi connectivity index (χ1n) is 9.84. The summed E-state index contributed by atoms with van der Waals surface area (Å²) >= 11 is 0. The van der Waals surface area contributed by atoms with E-state index >= 15 is 0 Å². The summed E-state index contributed by atoms with van der Waals surface area (Å²) in [6.45, 7) is 7.38. The van der Waals surface area contributed by atoms with E-state index in [1.807, 2.05) is 36.4 Å². The zero-order chi connectivity index (χ0) is 19.8. The smallest absolute Gasteiger partial charge is 0.254 e. The molecule has 3 aromatic rings. The minimum Gasteiger partial charge on any atom is -0.350 e. The van der Waals surface area contributed by atoms with E-state index in [0.29, 0.717) is 18.7 Å². The van der Waals surface area contributed by atoms with Crippen molar-refractivity contribution in [3.63, 3.8) is 0 Å². The second-order valence-corrected chi connectivity index (χ2v) is 6.77. The second kappa shape index (κ2) is 9.85. The predicted octanol–water partition coefficient (Wildman–Crippen LogP) is 3.74. The van der Waals surface area contributed by atoms with Crippen LogP contribution in [-0.2, 0) is 6.54 Å². The number of hydrogen-bond donors (Lipinski definition) is 1. The van der Waals surface area contributed by atoms with E-state index in [2.05, 4.69) is 53.4 Å². The number of amides is 1. The van der Waals surface area contributed by atoms with Crippen molar-refractivity contribution < 1.29 is 4.79 Å². The van der Waals surface area contributed by atoms with Crippen LogP contribution < -0.4 is 5.32 Å². The van der Waals surface area contributed by atoms with Crippen LogP contribution in [0.25, 0.3) is 0 Å². The standard InChI is InChI=1S/C23H28N4O/c1-3-26(4-2)22(20-13-9-6-10-14-20)16-24-23(28)21-15-25-27(18-21)17-19-11-7-5-8-12-19/h5-15,18,22H,3-4,16-17H2,1-2H3,(H,24,28). The lowest BCUT2D eigenvalue weighted by Gasteiger charge is -2.30. The Balaban J connectivity index is 1.64. The Morgan fingerprint density at radius 2 is 1.68 bits per heavy atom. The molecule has 0 radical (unpaired) electrons. The molecule has 3 rings (SSSR count). The van der Waals surface area contributed by atoms with E-state index in [0.717, 1.165) is 18.7 Å². The average molecular weight is 377 g/mol. The van der Waals surface area contributed by atoms with Crippen molar-refractivity contribution in [1.29, 1.82) is 0 Å². The van der Waals surface area contributed by atoms with Crippen LogP contribution in [0.4, 0.5) is 0 Å². The fraction of sp³-hybridized carbons (Fsp3) is 0.304. The van der Waals surface area contributed by atoms with Crippen molar-refractivity contribution in [1.82, 2.24) is 20.0 Å². The van der Waals surface area contributed by atoms with Crippen molar-refractivity contribution >= 4 is 5.91 Å². The van der Waals surface area contributed by atoms with Crippen LogP contribution >= 0.6 is 0 Å². The largest absolute Gasteiger partial charge is 0.350 e. The quantitative estimate of drug-likeness (QED) is 0.619. The van der Waals surface area contributed by atoms with E-state index in [9.17, 15) is 4.79 Å². The topological polar surface area (TPSA) is 50.2 Å². The van der Waals surface area contributed by atoms with Gasteiger partial charge in [-0.15, -0.1) is 0 Å². The molecular formula is C23H28N4O. The van der Waals surface area contributed by atoms with Crippen LogP contribution in [0.15, 0.2) is 73.1 Å². The van der Waals surface area contributed by atoms with Gasteiger partial charge in [0.1, 0.15) is 0 Å². The second-order valence-electron chi connectivity index (χ2n) is 6.77. The Morgan fingerprint density at radius 1 is 1.04 bits per heavy atom. The van der Waals surface area contributed by atoms with Crippen molar-refractivity contribution in [3.8, 4) is 0 Å². The number of aromatic nitrogens is 2. The van der Waals surface area contributed by atoms with Gasteiger partial charge in [-0.1, -0.05) is 74.5 Å². The highest BCUT2D eigenvalue weighted by molar-refractivity contribution is 5.93. The third-order valence-corrected chi connectivity index (χ3v) is 4.98. The van der Waals surface area contributed by atoms with Gasteiger partial charge >= 0.3 is 0 Å². The normalized spacial score (nSPS) is 12.1. The Kier molecular flexibility index (Phi) is 6.98.